The number of halogens is 1. The molecule has 1 aliphatic heterocycles. The SMILES string of the molecule is CCC(NC(=O)C1CCN(Cc2nc(-c3cccc(Cl)c3)no2)CC1)c1ccc(OC)c(OC)c1. The highest BCUT2D eigenvalue weighted by Crippen LogP contribution is 2.31. The molecule has 1 unspecified atom stereocenters. The van der Waals surface area contributed by atoms with Crippen LogP contribution in [0, 0.1) is 5.92 Å². The summed E-state index contributed by atoms with van der Waals surface area (Å²) in [4.78, 5) is 19.8. The van der Waals surface area contributed by atoms with Crippen LogP contribution in [0.2, 0.25) is 5.02 Å². The second-order valence-corrected chi connectivity index (χ2v) is 9.09. The molecule has 1 aromatic heterocycles. The van der Waals surface area contributed by atoms with E-state index in [9.17, 15) is 4.79 Å². The van der Waals surface area contributed by atoms with Gasteiger partial charge in [-0.15, -0.1) is 0 Å². The number of rotatable bonds is 9. The van der Waals surface area contributed by atoms with E-state index in [2.05, 4.69) is 27.3 Å². The highest BCUT2D eigenvalue weighted by molar-refractivity contribution is 6.30. The first-order chi connectivity index (χ1) is 17.0. The lowest BCUT2D eigenvalue weighted by atomic mass is 9.94. The zero-order valence-electron chi connectivity index (χ0n) is 20.3. The number of hydrogen-bond acceptors (Lipinski definition) is 7. The Bertz CT molecular complexity index is 1140. The molecule has 3 aromatic rings. The van der Waals surface area contributed by atoms with Gasteiger partial charge in [0.1, 0.15) is 0 Å². The number of likely N-dealkylation sites (tertiary alicyclic amines) is 1. The molecule has 1 N–H and O–H groups in total. The Labute approximate surface area is 210 Å². The Morgan fingerprint density at radius 1 is 1.17 bits per heavy atom. The van der Waals surface area contributed by atoms with E-state index in [0.29, 0.717) is 34.8 Å². The van der Waals surface area contributed by atoms with E-state index in [0.717, 1.165) is 43.5 Å². The minimum absolute atomic E-state index is 0.0230. The van der Waals surface area contributed by atoms with Crippen molar-refractivity contribution in [2.24, 2.45) is 5.92 Å². The lowest BCUT2D eigenvalue weighted by Gasteiger charge is -2.31. The van der Waals surface area contributed by atoms with Gasteiger partial charge >= 0.3 is 0 Å². The number of piperidine rings is 1. The monoisotopic (exact) mass is 498 g/mol. The third-order valence-corrected chi connectivity index (χ3v) is 6.64. The van der Waals surface area contributed by atoms with Crippen molar-refractivity contribution in [3.63, 3.8) is 0 Å². The van der Waals surface area contributed by atoms with Crippen molar-refractivity contribution in [2.45, 2.75) is 38.8 Å². The summed E-state index contributed by atoms with van der Waals surface area (Å²) in [6.07, 6.45) is 2.35. The Balaban J connectivity index is 1.30. The van der Waals surface area contributed by atoms with Crippen molar-refractivity contribution >= 4 is 17.5 Å². The van der Waals surface area contributed by atoms with Gasteiger partial charge in [0, 0.05) is 16.5 Å². The van der Waals surface area contributed by atoms with Crippen molar-refractivity contribution in [2.75, 3.05) is 27.3 Å². The fourth-order valence-electron chi connectivity index (χ4n) is 4.39. The fraction of sp³-hybridized carbons (Fsp3) is 0.423. The molecule has 2 aromatic carbocycles. The number of nitrogens with zero attached hydrogens (tertiary/aromatic N) is 3. The van der Waals surface area contributed by atoms with Crippen molar-refractivity contribution < 1.29 is 18.8 Å². The Morgan fingerprint density at radius 3 is 2.63 bits per heavy atom. The van der Waals surface area contributed by atoms with Crippen LogP contribution in [-0.2, 0) is 11.3 Å². The lowest BCUT2D eigenvalue weighted by molar-refractivity contribution is -0.127. The molecule has 0 saturated carbocycles. The molecule has 9 heteroatoms. The third-order valence-electron chi connectivity index (χ3n) is 6.40. The summed E-state index contributed by atoms with van der Waals surface area (Å²) in [5.74, 6) is 2.48. The molecule has 1 atom stereocenters. The molecule has 2 heterocycles. The van der Waals surface area contributed by atoms with Crippen LogP contribution in [0.25, 0.3) is 11.4 Å². The standard InChI is InChI=1S/C26H31ClN4O4/c1-4-21(18-8-9-22(33-2)23(15-18)34-3)28-26(32)17-10-12-31(13-11-17)16-24-29-25(30-35-24)19-6-5-7-20(27)14-19/h5-9,14-15,17,21H,4,10-13,16H2,1-3H3,(H,28,32). The summed E-state index contributed by atoms with van der Waals surface area (Å²) in [5, 5.41) is 7.93. The minimum Gasteiger partial charge on any atom is -0.493 e. The molecule has 35 heavy (non-hydrogen) atoms. The first-order valence-corrected chi connectivity index (χ1v) is 12.2. The van der Waals surface area contributed by atoms with Gasteiger partial charge in [-0.1, -0.05) is 41.9 Å². The average Bonchev–Trinajstić information content (AvgIpc) is 3.35. The van der Waals surface area contributed by atoms with Gasteiger partial charge in [0.25, 0.3) is 0 Å². The van der Waals surface area contributed by atoms with E-state index in [1.807, 2.05) is 42.5 Å². The van der Waals surface area contributed by atoms with Crippen LogP contribution in [0.5, 0.6) is 11.5 Å². The molecule has 4 rings (SSSR count). The van der Waals surface area contributed by atoms with Crippen LogP contribution in [-0.4, -0.2) is 48.3 Å². The molecule has 1 saturated heterocycles. The summed E-state index contributed by atoms with van der Waals surface area (Å²) in [6, 6.07) is 13.1. The van der Waals surface area contributed by atoms with E-state index in [4.69, 9.17) is 25.6 Å². The van der Waals surface area contributed by atoms with Gasteiger partial charge in [-0.2, -0.15) is 4.98 Å². The maximum absolute atomic E-state index is 13.0. The zero-order chi connectivity index (χ0) is 24.8. The van der Waals surface area contributed by atoms with Gasteiger partial charge in [-0.05, 0) is 62.2 Å². The molecule has 0 aliphatic carbocycles. The molecule has 0 spiro atoms. The molecule has 1 fully saturated rings. The molecule has 1 aliphatic rings. The normalized spacial score (nSPS) is 15.5. The van der Waals surface area contributed by atoms with E-state index >= 15 is 0 Å². The number of benzene rings is 2. The average molecular weight is 499 g/mol. The Kier molecular flexibility index (Phi) is 8.25. The van der Waals surface area contributed by atoms with Crippen LogP contribution in [0.4, 0.5) is 0 Å². The smallest absolute Gasteiger partial charge is 0.241 e. The second-order valence-electron chi connectivity index (χ2n) is 8.66. The van der Waals surface area contributed by atoms with E-state index in [1.54, 1.807) is 14.2 Å². The van der Waals surface area contributed by atoms with Gasteiger partial charge in [0.05, 0.1) is 26.8 Å². The molecular formula is C26H31ClN4O4. The number of methoxy groups -OCH3 is 2. The van der Waals surface area contributed by atoms with Crippen LogP contribution in [0.15, 0.2) is 47.0 Å². The molecule has 0 radical (unpaired) electrons. The van der Waals surface area contributed by atoms with Crippen LogP contribution < -0.4 is 14.8 Å². The highest BCUT2D eigenvalue weighted by atomic mass is 35.5. The van der Waals surface area contributed by atoms with E-state index < -0.39 is 0 Å². The summed E-state index contributed by atoms with van der Waals surface area (Å²) in [7, 11) is 3.22. The quantitative estimate of drug-likeness (QED) is 0.449. The van der Waals surface area contributed by atoms with Crippen LogP contribution in [0.1, 0.15) is 43.7 Å². The Hall–Kier alpha value is -3.10. The topological polar surface area (TPSA) is 89.7 Å². The van der Waals surface area contributed by atoms with Gasteiger partial charge < -0.3 is 19.3 Å². The zero-order valence-corrected chi connectivity index (χ0v) is 21.0. The van der Waals surface area contributed by atoms with Gasteiger partial charge in [0.15, 0.2) is 11.5 Å². The van der Waals surface area contributed by atoms with Gasteiger partial charge in [0.2, 0.25) is 17.6 Å². The number of carbonyl (C=O) groups is 1. The number of aromatic nitrogens is 2. The van der Waals surface area contributed by atoms with Gasteiger partial charge in [-0.3, -0.25) is 9.69 Å². The van der Waals surface area contributed by atoms with Crippen molar-refractivity contribution in [3.8, 4) is 22.9 Å². The molecule has 186 valence electrons. The highest BCUT2D eigenvalue weighted by Gasteiger charge is 2.27. The molecule has 8 nitrogen and oxygen atoms in total. The number of amides is 1. The third kappa shape index (κ3) is 6.13. The predicted octanol–water partition coefficient (Wildman–Crippen LogP) is 4.89. The Morgan fingerprint density at radius 2 is 1.94 bits per heavy atom. The first kappa shape index (κ1) is 25.0. The summed E-state index contributed by atoms with van der Waals surface area (Å²) in [5.41, 5.74) is 1.82. The summed E-state index contributed by atoms with van der Waals surface area (Å²) >= 11 is 6.06. The molecule has 1 amide bonds. The molecule has 0 bridgehead atoms. The maximum Gasteiger partial charge on any atom is 0.241 e. The summed E-state index contributed by atoms with van der Waals surface area (Å²) < 4.78 is 16.2. The maximum atomic E-state index is 13.0. The number of nitrogens with one attached hydrogen (secondary N) is 1. The number of carbonyl (C=O) groups excluding carboxylic acids is 1. The van der Waals surface area contributed by atoms with Crippen LogP contribution >= 0.6 is 11.6 Å². The number of ether oxygens (including phenoxy) is 2. The fourth-order valence-corrected chi connectivity index (χ4v) is 4.58. The summed E-state index contributed by atoms with van der Waals surface area (Å²) in [6.45, 7) is 4.21. The molecular weight excluding hydrogens is 468 g/mol. The second kappa shape index (κ2) is 11.6. The van der Waals surface area contributed by atoms with E-state index in [-0.39, 0.29) is 17.9 Å². The van der Waals surface area contributed by atoms with Crippen LogP contribution in [0.3, 0.4) is 0 Å². The van der Waals surface area contributed by atoms with Crippen molar-refractivity contribution in [3.05, 3.63) is 58.9 Å². The predicted molar refractivity (Wildman–Crippen MR) is 133 cm³/mol. The van der Waals surface area contributed by atoms with Crippen molar-refractivity contribution in [1.29, 1.82) is 0 Å². The lowest BCUT2D eigenvalue weighted by Crippen LogP contribution is -2.41. The largest absolute Gasteiger partial charge is 0.493 e. The number of hydrogen-bond donors (Lipinski definition) is 1. The van der Waals surface area contributed by atoms with E-state index in [1.165, 1.54) is 0 Å². The van der Waals surface area contributed by atoms with Gasteiger partial charge in [-0.25, -0.2) is 0 Å². The first-order valence-electron chi connectivity index (χ1n) is 11.8. The minimum atomic E-state index is -0.0800. The van der Waals surface area contributed by atoms with Crippen molar-refractivity contribution in [1.82, 2.24) is 20.4 Å².